The summed E-state index contributed by atoms with van der Waals surface area (Å²) in [5, 5.41) is 20.1. The summed E-state index contributed by atoms with van der Waals surface area (Å²) in [6, 6.07) is 10.9. The molecule has 4 aliphatic carbocycles. The van der Waals surface area contributed by atoms with Gasteiger partial charge in [0.1, 0.15) is 5.75 Å². The lowest BCUT2D eigenvalue weighted by Gasteiger charge is -2.57. The summed E-state index contributed by atoms with van der Waals surface area (Å²) in [5.74, 6) is 2.70. The van der Waals surface area contributed by atoms with E-state index in [1.54, 1.807) is 12.1 Å². The molecule has 0 atom stereocenters. The molecule has 0 unspecified atom stereocenters. The van der Waals surface area contributed by atoms with Crippen LogP contribution in [0.2, 0.25) is 0 Å². The Balaban J connectivity index is 1.38. The van der Waals surface area contributed by atoms with Crippen LogP contribution in [-0.4, -0.2) is 16.8 Å². The highest BCUT2D eigenvalue weighted by atomic mass is 19.4. The largest absolute Gasteiger partial charge is 0.508 e. The number of aromatic hydroxyl groups is 1. The van der Waals surface area contributed by atoms with Gasteiger partial charge < -0.3 is 10.2 Å². The van der Waals surface area contributed by atoms with Crippen molar-refractivity contribution in [3.05, 3.63) is 70.8 Å². The Bertz CT molecular complexity index is 1020. The van der Waals surface area contributed by atoms with Crippen LogP contribution in [0.5, 0.6) is 5.75 Å². The Hall–Kier alpha value is -2.27. The van der Waals surface area contributed by atoms with Crippen molar-refractivity contribution < 1.29 is 23.4 Å². The van der Waals surface area contributed by atoms with Crippen LogP contribution in [-0.2, 0) is 18.0 Å². The van der Waals surface area contributed by atoms with E-state index in [2.05, 4.69) is 0 Å². The fourth-order valence-corrected chi connectivity index (χ4v) is 7.29. The molecule has 176 valence electrons. The van der Waals surface area contributed by atoms with Crippen molar-refractivity contribution in [2.75, 3.05) is 6.61 Å². The lowest BCUT2D eigenvalue weighted by molar-refractivity contribution is -0.137. The van der Waals surface area contributed by atoms with Crippen LogP contribution in [0.15, 0.2) is 48.5 Å². The molecule has 0 heterocycles. The maximum atomic E-state index is 13.1. The summed E-state index contributed by atoms with van der Waals surface area (Å²) in [6.45, 7) is -0.307. The molecule has 4 saturated carbocycles. The minimum Gasteiger partial charge on any atom is -0.508 e. The summed E-state index contributed by atoms with van der Waals surface area (Å²) in [7, 11) is 0. The molecular formula is C28H31F3O2. The van der Waals surface area contributed by atoms with Gasteiger partial charge >= 0.3 is 6.18 Å². The quantitative estimate of drug-likeness (QED) is 0.497. The van der Waals surface area contributed by atoms with E-state index in [4.69, 9.17) is 0 Å². The van der Waals surface area contributed by atoms with Gasteiger partial charge in [-0.3, -0.25) is 0 Å². The number of alkyl halides is 3. The van der Waals surface area contributed by atoms with E-state index < -0.39 is 11.7 Å². The molecule has 2 aromatic carbocycles. The highest BCUT2D eigenvalue weighted by molar-refractivity contribution is 5.67. The van der Waals surface area contributed by atoms with Gasteiger partial charge in [-0.05, 0) is 121 Å². The van der Waals surface area contributed by atoms with Gasteiger partial charge in [0.25, 0.3) is 0 Å². The number of halogens is 3. The van der Waals surface area contributed by atoms with Gasteiger partial charge in [0.15, 0.2) is 0 Å². The number of allylic oxidation sites excluding steroid dienone is 1. The number of phenols is 1. The zero-order valence-electron chi connectivity index (χ0n) is 18.7. The summed E-state index contributed by atoms with van der Waals surface area (Å²) in [6.07, 6.45) is 6.48. The smallest absolute Gasteiger partial charge is 0.416 e. The fraction of sp³-hybridized carbons (Fsp3) is 0.500. The van der Waals surface area contributed by atoms with Crippen LogP contribution in [0, 0.1) is 17.8 Å². The van der Waals surface area contributed by atoms with Crippen LogP contribution < -0.4 is 0 Å². The Morgan fingerprint density at radius 1 is 0.970 bits per heavy atom. The van der Waals surface area contributed by atoms with Crippen LogP contribution in [0.3, 0.4) is 0 Å². The van der Waals surface area contributed by atoms with Gasteiger partial charge in [-0.2, -0.15) is 13.2 Å². The Kier molecular flexibility index (Phi) is 5.80. The van der Waals surface area contributed by atoms with Gasteiger partial charge in [-0.1, -0.05) is 24.3 Å². The molecule has 2 N–H and O–H groups in total. The molecule has 4 aliphatic rings. The van der Waals surface area contributed by atoms with Crippen LogP contribution in [0.1, 0.15) is 67.2 Å². The maximum Gasteiger partial charge on any atom is 0.416 e. The minimum atomic E-state index is -4.41. The maximum absolute atomic E-state index is 13.1. The molecule has 5 heteroatoms. The number of phenolic OH excluding ortho intramolecular Hbond substituents is 1. The molecule has 0 aliphatic heterocycles. The third-order valence-corrected chi connectivity index (χ3v) is 8.24. The predicted octanol–water partition coefficient (Wildman–Crippen LogP) is 6.89. The van der Waals surface area contributed by atoms with Crippen molar-refractivity contribution in [3.8, 4) is 5.75 Å². The van der Waals surface area contributed by atoms with Crippen molar-refractivity contribution in [1.29, 1.82) is 0 Å². The first-order valence-electron chi connectivity index (χ1n) is 12.1. The monoisotopic (exact) mass is 456 g/mol. The van der Waals surface area contributed by atoms with Gasteiger partial charge in [0, 0.05) is 0 Å². The summed E-state index contributed by atoms with van der Waals surface area (Å²) in [4.78, 5) is 0. The molecule has 2 aromatic rings. The Labute approximate surface area is 193 Å². The first kappa shape index (κ1) is 22.5. The van der Waals surface area contributed by atoms with Gasteiger partial charge in [0.2, 0.25) is 0 Å². The zero-order chi connectivity index (χ0) is 23.2. The molecule has 0 spiro atoms. The number of hydrogen-bond donors (Lipinski definition) is 2. The molecule has 0 radical (unpaired) electrons. The van der Waals surface area contributed by atoms with E-state index in [0.29, 0.717) is 23.3 Å². The molecular weight excluding hydrogens is 425 g/mol. The number of aliphatic hydroxyl groups excluding tert-OH is 1. The SMILES string of the molecule is OCC(=CCCc1ccc(O)cc1C12CC3CC(CC(C3)C1)C2)c1cccc(C(F)(F)F)c1. The van der Waals surface area contributed by atoms with Crippen molar-refractivity contribution >= 4 is 5.57 Å². The van der Waals surface area contributed by atoms with E-state index in [1.165, 1.54) is 55.7 Å². The standard InChI is InChI=1S/C28H31F3O2/c29-28(30,31)24-6-2-4-22(12-24)23(17-32)5-1-3-21-7-8-25(33)13-26(21)27-14-18-9-19(15-27)11-20(10-18)16-27/h2,4-8,12-13,18-20,32-33H,1,3,9-11,14-17H2. The molecule has 0 saturated heterocycles. The molecule has 4 bridgehead atoms. The van der Waals surface area contributed by atoms with E-state index >= 15 is 0 Å². The second-order valence-corrected chi connectivity index (χ2v) is 10.5. The van der Waals surface area contributed by atoms with Gasteiger partial charge in [-0.25, -0.2) is 0 Å². The molecule has 4 fully saturated rings. The topological polar surface area (TPSA) is 40.5 Å². The van der Waals surface area contributed by atoms with Crippen LogP contribution >= 0.6 is 0 Å². The summed E-state index contributed by atoms with van der Waals surface area (Å²) in [5.41, 5.74) is 2.86. The number of hydrogen-bond acceptors (Lipinski definition) is 2. The van der Waals surface area contributed by atoms with E-state index in [9.17, 15) is 23.4 Å². The molecule has 6 rings (SSSR count). The number of benzene rings is 2. The van der Waals surface area contributed by atoms with E-state index in [1.807, 2.05) is 18.2 Å². The minimum absolute atomic E-state index is 0.160. The van der Waals surface area contributed by atoms with Crippen molar-refractivity contribution in [2.24, 2.45) is 17.8 Å². The van der Waals surface area contributed by atoms with Crippen molar-refractivity contribution in [1.82, 2.24) is 0 Å². The second kappa shape index (κ2) is 8.50. The van der Waals surface area contributed by atoms with Gasteiger partial charge in [-0.15, -0.1) is 0 Å². The average molecular weight is 457 g/mol. The van der Waals surface area contributed by atoms with E-state index in [0.717, 1.165) is 36.3 Å². The average Bonchev–Trinajstić information content (AvgIpc) is 2.76. The predicted molar refractivity (Wildman–Crippen MR) is 123 cm³/mol. The highest BCUT2D eigenvalue weighted by Crippen LogP contribution is 2.61. The number of aliphatic hydroxyl groups is 1. The second-order valence-electron chi connectivity index (χ2n) is 10.5. The lowest BCUT2D eigenvalue weighted by atomic mass is 9.47. The molecule has 33 heavy (non-hydrogen) atoms. The fourth-order valence-electron chi connectivity index (χ4n) is 7.29. The van der Waals surface area contributed by atoms with Crippen LogP contribution in [0.4, 0.5) is 13.2 Å². The zero-order valence-corrected chi connectivity index (χ0v) is 18.7. The number of rotatable bonds is 6. The van der Waals surface area contributed by atoms with Crippen molar-refractivity contribution in [3.63, 3.8) is 0 Å². The summed E-state index contributed by atoms with van der Waals surface area (Å²) < 4.78 is 39.3. The summed E-state index contributed by atoms with van der Waals surface area (Å²) >= 11 is 0. The van der Waals surface area contributed by atoms with Crippen molar-refractivity contribution in [2.45, 2.75) is 63.0 Å². The van der Waals surface area contributed by atoms with Crippen LogP contribution in [0.25, 0.3) is 5.57 Å². The highest BCUT2D eigenvalue weighted by Gasteiger charge is 2.52. The van der Waals surface area contributed by atoms with Gasteiger partial charge in [0.05, 0.1) is 12.2 Å². The first-order valence-corrected chi connectivity index (χ1v) is 12.1. The molecule has 0 amide bonds. The third kappa shape index (κ3) is 4.44. The normalized spacial score (nSPS) is 29.0. The van der Waals surface area contributed by atoms with E-state index in [-0.39, 0.29) is 12.0 Å². The first-order chi connectivity index (χ1) is 15.8. The number of aryl methyl sites for hydroxylation is 1. The Morgan fingerprint density at radius 3 is 2.24 bits per heavy atom. The lowest BCUT2D eigenvalue weighted by Crippen LogP contribution is -2.48. The molecule has 0 aromatic heterocycles. The molecule has 2 nitrogen and oxygen atoms in total. The Morgan fingerprint density at radius 2 is 1.64 bits per heavy atom. The third-order valence-electron chi connectivity index (χ3n) is 8.24.